The first kappa shape index (κ1) is 28.7. The van der Waals surface area contributed by atoms with Crippen LogP contribution < -0.4 is 31.9 Å². The molecule has 216 valence electrons. The molecule has 38 heavy (non-hydrogen) atoms. The van der Waals surface area contributed by atoms with Gasteiger partial charge in [-0.05, 0) is 31.6 Å². The Balaban J connectivity index is 1.13. The van der Waals surface area contributed by atoms with E-state index in [1.54, 1.807) is 23.8 Å². The van der Waals surface area contributed by atoms with Crippen molar-refractivity contribution in [3.8, 4) is 0 Å². The second-order valence-corrected chi connectivity index (χ2v) is 13.1. The maximum atomic E-state index is 13.5. The van der Waals surface area contributed by atoms with Crippen molar-refractivity contribution in [2.45, 2.75) is 72.7 Å². The molecule has 5 aliphatic rings. The fourth-order valence-electron chi connectivity index (χ4n) is 6.70. The lowest BCUT2D eigenvalue weighted by molar-refractivity contribution is -0.133. The Morgan fingerprint density at radius 3 is 2.55 bits per heavy atom. The summed E-state index contributed by atoms with van der Waals surface area (Å²) >= 11 is 8.09. The van der Waals surface area contributed by atoms with Crippen LogP contribution in [0.1, 0.15) is 19.8 Å². The number of alkyl halides is 3. The summed E-state index contributed by atoms with van der Waals surface area (Å²) in [6.07, 6.45) is -0.784. The van der Waals surface area contributed by atoms with Crippen molar-refractivity contribution in [3.05, 3.63) is 0 Å². The van der Waals surface area contributed by atoms with Crippen LogP contribution in [-0.4, -0.2) is 116 Å². The Hall–Kier alpha value is -0.800. The quantitative estimate of drug-likeness (QED) is 0.179. The minimum absolute atomic E-state index is 0.0209. The number of ether oxygens (including phenoxy) is 1. The third-order valence-electron chi connectivity index (χ3n) is 8.81. The van der Waals surface area contributed by atoms with Crippen LogP contribution in [0.4, 0.5) is 8.78 Å². The number of piperidine rings is 2. The van der Waals surface area contributed by atoms with Gasteiger partial charge in [-0.1, -0.05) is 0 Å². The number of rotatable bonds is 6. The molecule has 5 heterocycles. The molecule has 14 heteroatoms. The molecule has 6 N–H and O–H groups in total. The molecule has 5 rings (SSSR count). The van der Waals surface area contributed by atoms with Gasteiger partial charge in [0.05, 0.1) is 29.6 Å². The predicted molar refractivity (Wildman–Crippen MR) is 142 cm³/mol. The number of nitrogens with zero attached hydrogens (tertiary/aromatic N) is 1. The van der Waals surface area contributed by atoms with Gasteiger partial charge in [0.2, 0.25) is 11.8 Å². The van der Waals surface area contributed by atoms with Crippen LogP contribution in [0.15, 0.2) is 0 Å². The van der Waals surface area contributed by atoms with E-state index in [0.717, 1.165) is 12.8 Å². The Kier molecular flexibility index (Phi) is 9.35. The highest BCUT2D eigenvalue weighted by molar-refractivity contribution is 8.00. The van der Waals surface area contributed by atoms with Crippen LogP contribution in [0.25, 0.3) is 0 Å². The number of nitrogens with one attached hydrogen (secondary N) is 6. The number of methoxy groups -OCH3 is 1. The maximum absolute atomic E-state index is 13.5. The number of thioether (sulfide) groups is 1. The van der Waals surface area contributed by atoms with Crippen molar-refractivity contribution < 1.29 is 23.1 Å². The third kappa shape index (κ3) is 6.24. The zero-order valence-corrected chi connectivity index (χ0v) is 23.4. The highest BCUT2D eigenvalue weighted by atomic mass is 35.5. The summed E-state index contributed by atoms with van der Waals surface area (Å²) in [4.78, 5) is 28.3. The van der Waals surface area contributed by atoms with Crippen molar-refractivity contribution in [1.82, 2.24) is 36.8 Å². The minimum atomic E-state index is -2.46. The Morgan fingerprint density at radius 2 is 1.87 bits per heavy atom. The molecule has 0 aromatic rings. The lowest BCUT2D eigenvalue weighted by atomic mass is 9.70. The molecular formula is C24H40ClF2N7O3S. The fraction of sp³-hybridized carbons (Fsp3) is 0.917. The lowest BCUT2D eigenvalue weighted by Crippen LogP contribution is -2.62. The number of halogens is 3. The Labute approximate surface area is 231 Å². The van der Waals surface area contributed by atoms with Crippen LogP contribution in [0.3, 0.4) is 0 Å². The molecule has 0 bridgehead atoms. The van der Waals surface area contributed by atoms with E-state index in [1.165, 1.54) is 0 Å². The number of hydrogen-bond donors (Lipinski definition) is 6. The second kappa shape index (κ2) is 12.4. The van der Waals surface area contributed by atoms with Gasteiger partial charge < -0.3 is 30.9 Å². The van der Waals surface area contributed by atoms with Crippen LogP contribution in [0.2, 0.25) is 0 Å². The summed E-state index contributed by atoms with van der Waals surface area (Å²) in [5.74, 6) is 0.141. The average Bonchev–Trinajstić information content (AvgIpc) is 3.47. The molecule has 11 atom stereocenters. The van der Waals surface area contributed by atoms with Gasteiger partial charge in [0.1, 0.15) is 5.50 Å². The summed E-state index contributed by atoms with van der Waals surface area (Å²) in [6.45, 7) is 4.81. The monoisotopic (exact) mass is 579 g/mol. The minimum Gasteiger partial charge on any atom is -0.380 e. The van der Waals surface area contributed by atoms with Gasteiger partial charge in [-0.3, -0.25) is 20.2 Å². The lowest BCUT2D eigenvalue weighted by Gasteiger charge is -2.45. The molecule has 5 aliphatic heterocycles. The highest BCUT2D eigenvalue weighted by Crippen LogP contribution is 2.38. The summed E-state index contributed by atoms with van der Waals surface area (Å²) in [6, 6.07) is -1.03. The summed E-state index contributed by atoms with van der Waals surface area (Å²) in [5, 5.41) is 19.3. The SMILES string of the molecule is COC1CNC(Cl)CC1C1CC(C)NCC1C(=O)NC1NC2CN(C(=O)C3CNC(C(F)F)CN3)CC2S1. The number of piperazine rings is 1. The molecule has 0 aliphatic carbocycles. The first-order valence-corrected chi connectivity index (χ1v) is 15.0. The average molecular weight is 580 g/mol. The van der Waals surface area contributed by atoms with Crippen LogP contribution >= 0.6 is 23.4 Å². The molecule has 0 saturated carbocycles. The summed E-state index contributed by atoms with van der Waals surface area (Å²) in [5.41, 5.74) is -0.342. The molecule has 0 aromatic heterocycles. The molecule has 0 radical (unpaired) electrons. The van der Waals surface area contributed by atoms with Crippen molar-refractivity contribution in [2.75, 3.05) is 46.4 Å². The molecular weight excluding hydrogens is 540 g/mol. The van der Waals surface area contributed by atoms with Gasteiger partial charge in [-0.2, -0.15) is 0 Å². The van der Waals surface area contributed by atoms with E-state index in [2.05, 4.69) is 38.8 Å². The summed E-state index contributed by atoms with van der Waals surface area (Å²) in [7, 11) is 1.72. The predicted octanol–water partition coefficient (Wildman–Crippen LogP) is -0.699. The van der Waals surface area contributed by atoms with E-state index in [1.807, 2.05) is 0 Å². The molecule has 5 saturated heterocycles. The van der Waals surface area contributed by atoms with E-state index >= 15 is 0 Å². The topological polar surface area (TPSA) is 119 Å². The molecule has 0 aromatic carbocycles. The molecule has 11 unspecified atom stereocenters. The van der Waals surface area contributed by atoms with Crippen LogP contribution in [0, 0.1) is 17.8 Å². The van der Waals surface area contributed by atoms with Crippen molar-refractivity contribution >= 4 is 35.2 Å². The van der Waals surface area contributed by atoms with E-state index < -0.39 is 18.5 Å². The number of hydrogen-bond acceptors (Lipinski definition) is 9. The van der Waals surface area contributed by atoms with Crippen molar-refractivity contribution in [2.24, 2.45) is 17.8 Å². The Bertz CT molecular complexity index is 844. The van der Waals surface area contributed by atoms with Crippen molar-refractivity contribution in [3.63, 3.8) is 0 Å². The van der Waals surface area contributed by atoms with Gasteiger partial charge in [0.15, 0.2) is 0 Å². The normalized spacial score (nSPS) is 43.7. The largest absolute Gasteiger partial charge is 0.380 e. The Morgan fingerprint density at radius 1 is 1.05 bits per heavy atom. The van der Waals surface area contributed by atoms with E-state index in [9.17, 15) is 18.4 Å². The van der Waals surface area contributed by atoms with Gasteiger partial charge >= 0.3 is 0 Å². The van der Waals surface area contributed by atoms with Crippen molar-refractivity contribution in [1.29, 1.82) is 0 Å². The molecule has 0 spiro atoms. The first-order chi connectivity index (χ1) is 18.2. The van der Waals surface area contributed by atoms with Gasteiger partial charge in [0.25, 0.3) is 6.43 Å². The zero-order valence-electron chi connectivity index (χ0n) is 21.8. The summed E-state index contributed by atoms with van der Waals surface area (Å²) < 4.78 is 31.5. The second-order valence-electron chi connectivity index (χ2n) is 11.3. The van der Waals surface area contributed by atoms with E-state index in [4.69, 9.17) is 16.3 Å². The van der Waals surface area contributed by atoms with E-state index in [-0.39, 0.29) is 71.1 Å². The number of likely N-dealkylation sites (tertiary alicyclic amines) is 1. The zero-order chi connectivity index (χ0) is 27.0. The molecule has 2 amide bonds. The van der Waals surface area contributed by atoms with E-state index in [0.29, 0.717) is 32.2 Å². The van der Waals surface area contributed by atoms with Gasteiger partial charge in [-0.15, -0.1) is 23.4 Å². The molecule has 10 nitrogen and oxygen atoms in total. The van der Waals surface area contributed by atoms with Gasteiger partial charge in [-0.25, -0.2) is 8.78 Å². The standard InChI is InChI=1S/C24H40ClF2N7O3S/c1-11-3-12(13-4-20(25)31-8-18(13)37-2)14(5-28-11)22(35)33-24-32-17-9-34(10-19(17)38-24)23(36)16-7-29-15(6-30-16)21(26)27/h11-21,24,28-32H,3-10H2,1-2H3,(H,33,35). The van der Waals surface area contributed by atoms with Gasteiger partial charge in [0, 0.05) is 63.7 Å². The number of amides is 2. The highest BCUT2D eigenvalue weighted by Gasteiger charge is 2.47. The maximum Gasteiger partial charge on any atom is 0.254 e. The van der Waals surface area contributed by atoms with Crippen LogP contribution in [0.5, 0.6) is 0 Å². The molecule has 5 fully saturated rings. The number of carbonyl (C=O) groups is 2. The van der Waals surface area contributed by atoms with Crippen LogP contribution in [-0.2, 0) is 14.3 Å². The first-order valence-electron chi connectivity index (χ1n) is 13.6. The number of carbonyl (C=O) groups excluding carboxylic acids is 2. The fourth-order valence-corrected chi connectivity index (χ4v) is 8.40. The third-order valence-corrected chi connectivity index (χ3v) is 10.5. The number of fused-ring (bicyclic) bond motifs is 1. The smallest absolute Gasteiger partial charge is 0.254 e.